The van der Waals surface area contributed by atoms with Gasteiger partial charge in [-0.1, -0.05) is 31.2 Å². The molecule has 1 saturated heterocycles. The molecule has 1 fully saturated rings. The monoisotopic (exact) mass is 341 g/mol. The predicted octanol–water partition coefficient (Wildman–Crippen LogP) is 3.87. The first-order valence-corrected chi connectivity index (χ1v) is 8.88. The lowest BCUT2D eigenvalue weighted by atomic mass is 9.78. The fourth-order valence-electron chi connectivity index (χ4n) is 3.78. The first kappa shape index (κ1) is 17.8. The molecule has 0 spiro atoms. The third-order valence-electron chi connectivity index (χ3n) is 5.24. The first-order chi connectivity index (χ1) is 12.2. The molecule has 134 valence electrons. The molecule has 0 bridgehead atoms. The second-order valence-corrected chi connectivity index (χ2v) is 6.62. The molecule has 3 rings (SSSR count). The highest BCUT2D eigenvalue weighted by atomic mass is 16.5. The maximum atomic E-state index is 10.7. The van der Waals surface area contributed by atoms with E-state index in [9.17, 15) is 5.11 Å². The molecule has 0 unspecified atom stereocenters. The Bertz CT molecular complexity index is 669. The standard InChI is InChI=1S/C21H27NO3/c1-4-18-20(23)13-19(14-5-9-16(24-2)10-6-14)22-21(18)15-7-11-17(25-3)12-8-15/h5-12,18-23H,4,13H2,1-3H3/t18-,19+,20+,21+/m0/s1. The SMILES string of the molecule is CC[C@H]1[C@H](O)C[C@H](c2ccc(OC)cc2)N[C@@H]1c1ccc(OC)cc1. The quantitative estimate of drug-likeness (QED) is 0.867. The summed E-state index contributed by atoms with van der Waals surface area (Å²) in [6.45, 7) is 2.14. The molecule has 1 aliphatic rings. The van der Waals surface area contributed by atoms with Crippen LogP contribution in [-0.4, -0.2) is 25.4 Å². The summed E-state index contributed by atoms with van der Waals surface area (Å²) in [7, 11) is 3.34. The molecule has 0 aromatic heterocycles. The van der Waals surface area contributed by atoms with Gasteiger partial charge in [0.15, 0.2) is 0 Å². The zero-order valence-corrected chi connectivity index (χ0v) is 15.1. The first-order valence-electron chi connectivity index (χ1n) is 8.88. The van der Waals surface area contributed by atoms with Crippen LogP contribution in [0.4, 0.5) is 0 Å². The number of hydrogen-bond donors (Lipinski definition) is 2. The normalized spacial score (nSPS) is 26.2. The summed E-state index contributed by atoms with van der Waals surface area (Å²) in [5.74, 6) is 1.89. The Balaban J connectivity index is 1.85. The van der Waals surface area contributed by atoms with E-state index in [1.165, 1.54) is 11.1 Å². The van der Waals surface area contributed by atoms with Gasteiger partial charge in [0.2, 0.25) is 0 Å². The average molecular weight is 341 g/mol. The highest BCUT2D eigenvalue weighted by Crippen LogP contribution is 2.39. The van der Waals surface area contributed by atoms with Crippen molar-refractivity contribution in [3.8, 4) is 11.5 Å². The zero-order valence-electron chi connectivity index (χ0n) is 15.1. The molecule has 2 N–H and O–H groups in total. The summed E-state index contributed by atoms with van der Waals surface area (Å²) in [5.41, 5.74) is 2.36. The van der Waals surface area contributed by atoms with Crippen molar-refractivity contribution in [3.05, 3.63) is 59.7 Å². The Morgan fingerprint density at radius 2 is 1.44 bits per heavy atom. The van der Waals surface area contributed by atoms with E-state index < -0.39 is 0 Å². The number of piperidine rings is 1. The summed E-state index contributed by atoms with van der Waals surface area (Å²) in [6, 6.07) is 16.4. The van der Waals surface area contributed by atoms with Crippen LogP contribution in [0.2, 0.25) is 0 Å². The van der Waals surface area contributed by atoms with Gasteiger partial charge < -0.3 is 19.9 Å². The van der Waals surface area contributed by atoms with E-state index in [1.807, 2.05) is 24.3 Å². The number of methoxy groups -OCH3 is 2. The molecule has 1 aliphatic heterocycles. The van der Waals surface area contributed by atoms with Crippen LogP contribution in [0.3, 0.4) is 0 Å². The number of hydrogen-bond acceptors (Lipinski definition) is 4. The lowest BCUT2D eigenvalue weighted by molar-refractivity contribution is 0.0290. The van der Waals surface area contributed by atoms with Gasteiger partial charge in [-0.05, 0) is 48.2 Å². The van der Waals surface area contributed by atoms with Gasteiger partial charge in [0.05, 0.1) is 20.3 Å². The summed E-state index contributed by atoms with van der Waals surface area (Å²) in [6.07, 6.45) is 1.32. The lowest BCUT2D eigenvalue weighted by Crippen LogP contribution is -2.44. The maximum absolute atomic E-state index is 10.7. The van der Waals surface area contributed by atoms with Crippen molar-refractivity contribution in [1.82, 2.24) is 5.32 Å². The fourth-order valence-corrected chi connectivity index (χ4v) is 3.78. The smallest absolute Gasteiger partial charge is 0.118 e. The van der Waals surface area contributed by atoms with Gasteiger partial charge in [-0.15, -0.1) is 0 Å². The summed E-state index contributed by atoms with van der Waals surface area (Å²) in [5, 5.41) is 14.5. The van der Waals surface area contributed by atoms with Gasteiger partial charge in [0.1, 0.15) is 11.5 Å². The Kier molecular flexibility index (Phi) is 5.61. The highest BCUT2D eigenvalue weighted by Gasteiger charge is 2.36. The molecule has 4 atom stereocenters. The van der Waals surface area contributed by atoms with Gasteiger partial charge in [-0.25, -0.2) is 0 Å². The Morgan fingerprint density at radius 1 is 0.920 bits per heavy atom. The van der Waals surface area contributed by atoms with Crippen molar-refractivity contribution >= 4 is 0 Å². The van der Waals surface area contributed by atoms with Crippen LogP contribution in [-0.2, 0) is 0 Å². The van der Waals surface area contributed by atoms with Crippen LogP contribution >= 0.6 is 0 Å². The average Bonchev–Trinajstić information content (AvgIpc) is 2.67. The van der Waals surface area contributed by atoms with Crippen molar-refractivity contribution in [1.29, 1.82) is 0 Å². The van der Waals surface area contributed by atoms with Crippen LogP contribution in [0.25, 0.3) is 0 Å². The summed E-state index contributed by atoms with van der Waals surface area (Å²) >= 11 is 0. The van der Waals surface area contributed by atoms with Gasteiger partial charge >= 0.3 is 0 Å². The van der Waals surface area contributed by atoms with E-state index in [0.717, 1.165) is 24.3 Å². The fraction of sp³-hybridized carbons (Fsp3) is 0.429. The third-order valence-corrected chi connectivity index (χ3v) is 5.24. The largest absolute Gasteiger partial charge is 0.497 e. The summed E-state index contributed by atoms with van der Waals surface area (Å²) < 4.78 is 10.5. The maximum Gasteiger partial charge on any atom is 0.118 e. The van der Waals surface area contributed by atoms with Crippen molar-refractivity contribution in [3.63, 3.8) is 0 Å². The number of ether oxygens (including phenoxy) is 2. The molecule has 25 heavy (non-hydrogen) atoms. The van der Waals surface area contributed by atoms with E-state index in [0.29, 0.717) is 0 Å². The molecule has 1 heterocycles. The van der Waals surface area contributed by atoms with E-state index >= 15 is 0 Å². The highest BCUT2D eigenvalue weighted by molar-refractivity contribution is 5.33. The second-order valence-electron chi connectivity index (χ2n) is 6.62. The van der Waals surface area contributed by atoms with Crippen LogP contribution in [0.1, 0.15) is 43.0 Å². The molecule has 0 amide bonds. The van der Waals surface area contributed by atoms with Crippen LogP contribution in [0, 0.1) is 5.92 Å². The van der Waals surface area contributed by atoms with Crippen LogP contribution in [0.15, 0.2) is 48.5 Å². The predicted molar refractivity (Wildman–Crippen MR) is 99.0 cm³/mol. The number of aliphatic hydroxyl groups excluding tert-OH is 1. The number of rotatable bonds is 5. The molecular formula is C21H27NO3. The van der Waals surface area contributed by atoms with Crippen molar-refractivity contribution in [2.45, 2.75) is 38.0 Å². The van der Waals surface area contributed by atoms with Crippen molar-refractivity contribution < 1.29 is 14.6 Å². The van der Waals surface area contributed by atoms with E-state index in [4.69, 9.17) is 9.47 Å². The minimum absolute atomic E-state index is 0.117. The summed E-state index contributed by atoms with van der Waals surface area (Å²) in [4.78, 5) is 0. The molecule has 0 radical (unpaired) electrons. The van der Waals surface area contributed by atoms with E-state index in [2.05, 4.69) is 36.5 Å². The number of aliphatic hydroxyl groups is 1. The number of benzene rings is 2. The third kappa shape index (κ3) is 3.80. The van der Waals surface area contributed by atoms with Crippen LogP contribution in [0.5, 0.6) is 11.5 Å². The second kappa shape index (κ2) is 7.89. The molecule has 0 aliphatic carbocycles. The Hall–Kier alpha value is -2.04. The van der Waals surface area contributed by atoms with Gasteiger partial charge in [-0.3, -0.25) is 0 Å². The van der Waals surface area contributed by atoms with E-state index in [1.54, 1.807) is 14.2 Å². The molecule has 2 aromatic carbocycles. The molecular weight excluding hydrogens is 314 g/mol. The van der Waals surface area contributed by atoms with E-state index in [-0.39, 0.29) is 24.1 Å². The van der Waals surface area contributed by atoms with Gasteiger partial charge in [0, 0.05) is 18.0 Å². The number of nitrogens with one attached hydrogen (secondary N) is 1. The molecule has 4 nitrogen and oxygen atoms in total. The van der Waals surface area contributed by atoms with Gasteiger partial charge in [-0.2, -0.15) is 0 Å². The van der Waals surface area contributed by atoms with Gasteiger partial charge in [0.25, 0.3) is 0 Å². The van der Waals surface area contributed by atoms with Crippen molar-refractivity contribution in [2.24, 2.45) is 5.92 Å². The van der Waals surface area contributed by atoms with Crippen LogP contribution < -0.4 is 14.8 Å². The Labute approximate surface area is 149 Å². The Morgan fingerprint density at radius 3 is 1.92 bits per heavy atom. The minimum Gasteiger partial charge on any atom is -0.497 e. The minimum atomic E-state index is -0.328. The molecule has 4 heteroatoms. The topological polar surface area (TPSA) is 50.7 Å². The van der Waals surface area contributed by atoms with Crippen molar-refractivity contribution in [2.75, 3.05) is 14.2 Å². The lowest BCUT2D eigenvalue weighted by Gasteiger charge is -2.41. The molecule has 0 saturated carbocycles. The molecule has 2 aromatic rings. The zero-order chi connectivity index (χ0) is 17.8.